The van der Waals surface area contributed by atoms with E-state index in [2.05, 4.69) is 21.7 Å². The van der Waals surface area contributed by atoms with Gasteiger partial charge in [0.1, 0.15) is 5.75 Å². The molecule has 35 heavy (non-hydrogen) atoms. The van der Waals surface area contributed by atoms with Gasteiger partial charge >= 0.3 is 0 Å². The van der Waals surface area contributed by atoms with E-state index in [0.717, 1.165) is 34.0 Å². The molecule has 182 valence electrons. The van der Waals surface area contributed by atoms with Crippen LogP contribution in [0.5, 0.6) is 5.75 Å². The van der Waals surface area contributed by atoms with E-state index in [-0.39, 0.29) is 17.6 Å². The number of ether oxygens (including phenoxy) is 2. The summed E-state index contributed by atoms with van der Waals surface area (Å²) < 4.78 is 14.8. The van der Waals surface area contributed by atoms with Crippen LogP contribution in [0.4, 0.5) is 0 Å². The molecular formula is C27H30N4O3S. The molecule has 0 aliphatic rings. The van der Waals surface area contributed by atoms with E-state index in [1.54, 1.807) is 14.2 Å². The third kappa shape index (κ3) is 5.18. The Kier molecular flexibility index (Phi) is 7.73. The minimum atomic E-state index is 0.0626. The van der Waals surface area contributed by atoms with Crippen LogP contribution >= 0.6 is 11.8 Å². The van der Waals surface area contributed by atoms with Gasteiger partial charge in [-0.3, -0.25) is 9.36 Å². The molecule has 0 unspecified atom stereocenters. The van der Waals surface area contributed by atoms with E-state index in [9.17, 15) is 4.79 Å². The Morgan fingerprint density at radius 2 is 1.74 bits per heavy atom. The first-order chi connectivity index (χ1) is 16.9. The number of benzene rings is 2. The van der Waals surface area contributed by atoms with Crippen molar-refractivity contribution in [1.29, 1.82) is 0 Å². The van der Waals surface area contributed by atoms with Gasteiger partial charge in [0, 0.05) is 35.3 Å². The molecule has 2 aromatic heterocycles. The number of hydrogen-bond donors (Lipinski definition) is 0. The maximum atomic E-state index is 13.2. The highest BCUT2D eigenvalue weighted by molar-refractivity contribution is 7.99. The van der Waals surface area contributed by atoms with Crippen molar-refractivity contribution in [2.45, 2.75) is 32.0 Å². The number of aromatic nitrogens is 4. The Morgan fingerprint density at radius 1 is 1.03 bits per heavy atom. The van der Waals surface area contributed by atoms with Crippen molar-refractivity contribution < 1.29 is 14.3 Å². The molecule has 0 saturated heterocycles. The van der Waals surface area contributed by atoms with Crippen LogP contribution in [0.2, 0.25) is 0 Å². The zero-order valence-electron chi connectivity index (χ0n) is 20.7. The molecule has 0 aliphatic heterocycles. The van der Waals surface area contributed by atoms with Crippen molar-refractivity contribution in [1.82, 2.24) is 19.3 Å². The van der Waals surface area contributed by atoms with E-state index < -0.39 is 0 Å². The van der Waals surface area contributed by atoms with E-state index in [4.69, 9.17) is 9.47 Å². The van der Waals surface area contributed by atoms with Gasteiger partial charge < -0.3 is 14.0 Å². The Hall–Kier alpha value is -3.36. The fourth-order valence-corrected chi connectivity index (χ4v) is 5.20. The Labute approximate surface area is 210 Å². The number of carbonyl (C=O) groups excluding carboxylic acids is 1. The summed E-state index contributed by atoms with van der Waals surface area (Å²) in [6, 6.07) is 19.8. The molecule has 0 fully saturated rings. The van der Waals surface area contributed by atoms with Gasteiger partial charge in [-0.25, -0.2) is 0 Å². The van der Waals surface area contributed by atoms with Crippen LogP contribution in [0.1, 0.15) is 34.7 Å². The van der Waals surface area contributed by atoms with Gasteiger partial charge in [0.15, 0.2) is 16.8 Å². The summed E-state index contributed by atoms with van der Waals surface area (Å²) in [6.45, 7) is 6.70. The van der Waals surface area contributed by atoms with E-state index in [1.807, 2.05) is 79.1 Å². The first-order valence-electron chi connectivity index (χ1n) is 11.4. The Balaban J connectivity index is 1.62. The summed E-state index contributed by atoms with van der Waals surface area (Å²) in [7, 11) is 3.33. The van der Waals surface area contributed by atoms with Gasteiger partial charge in [0.05, 0.1) is 25.5 Å². The quantitative estimate of drug-likeness (QED) is 0.215. The average Bonchev–Trinajstić information content (AvgIpc) is 3.43. The zero-order chi connectivity index (χ0) is 24.9. The third-order valence-electron chi connectivity index (χ3n) is 5.96. The lowest BCUT2D eigenvalue weighted by Gasteiger charge is -2.17. The maximum absolute atomic E-state index is 13.2. The van der Waals surface area contributed by atoms with Crippen molar-refractivity contribution in [2.75, 3.05) is 26.6 Å². The van der Waals surface area contributed by atoms with Gasteiger partial charge in [-0.2, -0.15) is 0 Å². The minimum Gasteiger partial charge on any atom is -0.497 e. The largest absolute Gasteiger partial charge is 0.497 e. The number of Topliss-reactive ketones (excluding diaryl/α,β-unsaturated/α-hetero) is 1. The van der Waals surface area contributed by atoms with Gasteiger partial charge in [-0.15, -0.1) is 10.2 Å². The van der Waals surface area contributed by atoms with E-state index >= 15 is 0 Å². The molecule has 4 rings (SSSR count). The third-order valence-corrected chi connectivity index (χ3v) is 6.89. The van der Waals surface area contributed by atoms with Crippen LogP contribution in [-0.2, 0) is 4.74 Å². The van der Waals surface area contributed by atoms with E-state index in [0.29, 0.717) is 17.6 Å². The van der Waals surface area contributed by atoms with Crippen molar-refractivity contribution in [2.24, 2.45) is 0 Å². The number of hydrogen-bond acceptors (Lipinski definition) is 6. The molecule has 0 bridgehead atoms. The molecule has 0 aliphatic carbocycles. The van der Waals surface area contributed by atoms with Crippen LogP contribution in [0.25, 0.3) is 17.1 Å². The monoisotopic (exact) mass is 490 g/mol. The molecule has 8 heteroatoms. The standard InChI is InChI=1S/C27H30N4O3S/c1-18-15-24(20(3)30(18)19(2)16-33-4)25(32)17-35-27-29-28-26(21-11-13-23(34-5)14-12-21)31(27)22-9-7-6-8-10-22/h6-15,19H,16-17H2,1-5H3/t19-/m1/s1. The topological polar surface area (TPSA) is 71.2 Å². The van der Waals surface area contributed by atoms with Crippen molar-refractivity contribution in [3.63, 3.8) is 0 Å². The summed E-state index contributed by atoms with van der Waals surface area (Å²) >= 11 is 1.39. The molecule has 0 radical (unpaired) electrons. The molecule has 0 spiro atoms. The molecule has 4 aromatic rings. The average molecular weight is 491 g/mol. The Bertz CT molecular complexity index is 1300. The van der Waals surface area contributed by atoms with Crippen LogP contribution in [0, 0.1) is 13.8 Å². The second-order valence-corrected chi connectivity index (χ2v) is 9.32. The highest BCUT2D eigenvalue weighted by Gasteiger charge is 2.21. The molecule has 7 nitrogen and oxygen atoms in total. The smallest absolute Gasteiger partial charge is 0.196 e. The molecule has 2 heterocycles. The SMILES string of the molecule is COC[C@@H](C)n1c(C)cc(C(=O)CSc2nnc(-c3ccc(OC)cc3)n2-c2ccccc2)c1C. The summed E-state index contributed by atoms with van der Waals surface area (Å²) in [5.74, 6) is 1.81. The van der Waals surface area contributed by atoms with Gasteiger partial charge in [-0.05, 0) is 63.2 Å². The number of ketones is 1. The van der Waals surface area contributed by atoms with Crippen LogP contribution < -0.4 is 4.74 Å². The number of para-hydroxylation sites is 1. The molecule has 1 atom stereocenters. The van der Waals surface area contributed by atoms with Crippen molar-refractivity contribution in [3.05, 3.63) is 77.6 Å². The molecule has 0 saturated carbocycles. The second kappa shape index (κ2) is 10.9. The van der Waals surface area contributed by atoms with Crippen LogP contribution in [-0.4, -0.2) is 51.7 Å². The van der Waals surface area contributed by atoms with Crippen molar-refractivity contribution in [3.8, 4) is 22.8 Å². The van der Waals surface area contributed by atoms with Gasteiger partial charge in [0.2, 0.25) is 0 Å². The molecule has 0 amide bonds. The van der Waals surface area contributed by atoms with Crippen molar-refractivity contribution >= 4 is 17.5 Å². The van der Waals surface area contributed by atoms with Gasteiger partial charge in [-0.1, -0.05) is 30.0 Å². The van der Waals surface area contributed by atoms with Gasteiger partial charge in [0.25, 0.3) is 0 Å². The first-order valence-corrected chi connectivity index (χ1v) is 12.4. The fraction of sp³-hybridized carbons (Fsp3) is 0.296. The maximum Gasteiger partial charge on any atom is 0.196 e. The number of aryl methyl sites for hydroxylation is 1. The first kappa shape index (κ1) is 24.8. The predicted molar refractivity (Wildman–Crippen MR) is 139 cm³/mol. The highest BCUT2D eigenvalue weighted by Crippen LogP contribution is 2.30. The number of methoxy groups -OCH3 is 2. The zero-order valence-corrected chi connectivity index (χ0v) is 21.5. The minimum absolute atomic E-state index is 0.0626. The predicted octanol–water partition coefficient (Wildman–Crippen LogP) is 5.54. The molecule has 2 aromatic carbocycles. The summed E-state index contributed by atoms with van der Waals surface area (Å²) in [5.41, 5.74) is 4.59. The molecule has 0 N–H and O–H groups in total. The van der Waals surface area contributed by atoms with Crippen LogP contribution in [0.15, 0.2) is 65.8 Å². The number of nitrogens with zero attached hydrogens (tertiary/aromatic N) is 4. The Morgan fingerprint density at radius 3 is 2.40 bits per heavy atom. The lowest BCUT2D eigenvalue weighted by Crippen LogP contribution is -2.14. The number of rotatable bonds is 10. The highest BCUT2D eigenvalue weighted by atomic mass is 32.2. The van der Waals surface area contributed by atoms with Crippen LogP contribution in [0.3, 0.4) is 0 Å². The summed E-state index contributed by atoms with van der Waals surface area (Å²) in [6.07, 6.45) is 0. The summed E-state index contributed by atoms with van der Waals surface area (Å²) in [5, 5.41) is 9.58. The second-order valence-electron chi connectivity index (χ2n) is 8.38. The number of thioether (sulfide) groups is 1. The van der Waals surface area contributed by atoms with E-state index in [1.165, 1.54) is 11.8 Å². The molecular weight excluding hydrogens is 460 g/mol. The summed E-state index contributed by atoms with van der Waals surface area (Å²) in [4.78, 5) is 13.2. The normalized spacial score (nSPS) is 12.0. The lowest BCUT2D eigenvalue weighted by atomic mass is 10.2. The lowest BCUT2D eigenvalue weighted by molar-refractivity contribution is 0.102. The fourth-order valence-electron chi connectivity index (χ4n) is 4.36. The number of carbonyl (C=O) groups is 1.